The van der Waals surface area contributed by atoms with Crippen molar-refractivity contribution in [1.82, 2.24) is 9.66 Å². The van der Waals surface area contributed by atoms with Crippen molar-refractivity contribution in [3.8, 4) is 23.2 Å². The molecule has 9 nitrogen and oxygen atoms in total. The summed E-state index contributed by atoms with van der Waals surface area (Å²) in [7, 11) is 0. The van der Waals surface area contributed by atoms with Crippen LogP contribution in [-0.2, 0) is 0 Å². The molecule has 0 aliphatic carbocycles. The number of hydrogen-bond donors (Lipinski definition) is 0. The molecule has 0 atom stereocenters. The van der Waals surface area contributed by atoms with Crippen LogP contribution in [0.2, 0.25) is 5.02 Å². The second-order valence-electron chi connectivity index (χ2n) is 6.73. The summed E-state index contributed by atoms with van der Waals surface area (Å²) in [5.41, 5.74) is 0.432. The van der Waals surface area contributed by atoms with Gasteiger partial charge in [-0.2, -0.15) is 15.0 Å². The molecule has 10 heteroatoms. The summed E-state index contributed by atoms with van der Waals surface area (Å²) in [5.74, 6) is 0.101. The predicted octanol–water partition coefficient (Wildman–Crippen LogP) is 4.41. The molecule has 4 aromatic rings. The number of aromatic nitrogens is 2. The molecule has 0 saturated heterocycles. The van der Waals surface area contributed by atoms with Crippen molar-refractivity contribution >= 4 is 34.4 Å². The Morgan fingerprint density at radius 2 is 1.91 bits per heavy atom. The average molecular weight is 460 g/mol. The molecule has 0 amide bonds. The second-order valence-corrected chi connectivity index (χ2v) is 7.16. The number of rotatable bonds is 6. The number of ether oxygens (including phenoxy) is 1. The van der Waals surface area contributed by atoms with E-state index in [4.69, 9.17) is 21.6 Å². The molecule has 0 unspecified atom stereocenters. The fraction of sp³-hybridized carbons (Fsp3) is 0.0435. The highest BCUT2D eigenvalue weighted by Gasteiger charge is 2.21. The number of benzene rings is 3. The molecule has 0 N–H and O–H groups in total. The van der Waals surface area contributed by atoms with Gasteiger partial charge in [-0.15, -0.1) is 0 Å². The number of fused-ring (bicyclic) bond motifs is 1. The smallest absolute Gasteiger partial charge is 0.313 e. The maximum atomic E-state index is 13.2. The first-order chi connectivity index (χ1) is 16.0. The molecule has 0 radical (unpaired) electrons. The van der Waals surface area contributed by atoms with Gasteiger partial charge in [-0.1, -0.05) is 54.1 Å². The van der Waals surface area contributed by atoms with Crippen molar-refractivity contribution in [3.05, 3.63) is 97.8 Å². The molecule has 1 heterocycles. The zero-order valence-corrected chi connectivity index (χ0v) is 17.6. The number of hydrogen-bond acceptors (Lipinski definition) is 7. The normalized spacial score (nSPS) is 10.9. The number of nitrogens with zero attached hydrogens (tertiary/aromatic N) is 5. The van der Waals surface area contributed by atoms with E-state index in [-0.39, 0.29) is 22.2 Å². The molecule has 0 aliphatic heterocycles. The zero-order valence-electron chi connectivity index (χ0n) is 16.9. The number of para-hydroxylation sites is 1. The zero-order chi connectivity index (χ0) is 23.4. The third kappa shape index (κ3) is 4.42. The number of halogens is 1. The van der Waals surface area contributed by atoms with Crippen molar-refractivity contribution < 1.29 is 9.66 Å². The Labute approximate surface area is 191 Å². The van der Waals surface area contributed by atoms with Gasteiger partial charge < -0.3 is 4.74 Å². The summed E-state index contributed by atoms with van der Waals surface area (Å²) in [6.07, 6.45) is 1.22. The van der Waals surface area contributed by atoms with Crippen LogP contribution < -0.4 is 10.3 Å². The molecule has 33 heavy (non-hydrogen) atoms. The van der Waals surface area contributed by atoms with E-state index in [0.29, 0.717) is 16.5 Å². The van der Waals surface area contributed by atoms with E-state index in [1.54, 1.807) is 54.6 Å². The highest BCUT2D eigenvalue weighted by Crippen LogP contribution is 2.33. The average Bonchev–Trinajstić information content (AvgIpc) is 2.82. The highest BCUT2D eigenvalue weighted by atomic mass is 35.5. The van der Waals surface area contributed by atoms with Crippen LogP contribution in [0, 0.1) is 21.4 Å². The second kappa shape index (κ2) is 9.30. The minimum Gasteiger partial charge on any atom is -0.471 e. The van der Waals surface area contributed by atoms with E-state index >= 15 is 0 Å². The number of nitriles is 1. The van der Waals surface area contributed by atoms with Crippen LogP contribution in [0.3, 0.4) is 0 Å². The summed E-state index contributed by atoms with van der Waals surface area (Å²) in [4.78, 5) is 28.6. The Bertz CT molecular complexity index is 1490. The van der Waals surface area contributed by atoms with Crippen LogP contribution in [-0.4, -0.2) is 27.4 Å². The molecular formula is C23H14ClN5O4. The Kier molecular flexibility index (Phi) is 6.11. The quantitative estimate of drug-likeness (QED) is 0.239. The lowest BCUT2D eigenvalue weighted by molar-refractivity contribution is -0.385. The van der Waals surface area contributed by atoms with E-state index in [1.165, 1.54) is 12.3 Å². The Morgan fingerprint density at radius 3 is 2.64 bits per heavy atom. The van der Waals surface area contributed by atoms with Crippen LogP contribution in [0.5, 0.6) is 5.75 Å². The highest BCUT2D eigenvalue weighted by molar-refractivity contribution is 6.31. The molecule has 0 bridgehead atoms. The predicted molar refractivity (Wildman–Crippen MR) is 124 cm³/mol. The molecule has 0 fully saturated rings. The molecule has 0 spiro atoms. The summed E-state index contributed by atoms with van der Waals surface area (Å²) in [6, 6.07) is 20.2. The van der Waals surface area contributed by atoms with Crippen LogP contribution in [0.4, 0.5) is 5.69 Å². The van der Waals surface area contributed by atoms with E-state index < -0.39 is 22.8 Å². The number of nitro groups is 1. The van der Waals surface area contributed by atoms with Gasteiger partial charge >= 0.3 is 5.69 Å². The number of nitro benzene ring substituents is 1. The van der Waals surface area contributed by atoms with E-state index in [1.807, 2.05) is 6.07 Å². The largest absolute Gasteiger partial charge is 0.471 e. The first-order valence-corrected chi connectivity index (χ1v) is 9.96. The van der Waals surface area contributed by atoms with Gasteiger partial charge in [0.1, 0.15) is 6.07 Å². The maximum Gasteiger partial charge on any atom is 0.313 e. The molecule has 0 aliphatic rings. The minimum absolute atomic E-state index is 0.0692. The summed E-state index contributed by atoms with van der Waals surface area (Å²) >= 11 is 6.05. The molecule has 4 rings (SSSR count). The summed E-state index contributed by atoms with van der Waals surface area (Å²) in [6.45, 7) is -0.421. The summed E-state index contributed by atoms with van der Waals surface area (Å²) in [5, 5.41) is 25.0. The van der Waals surface area contributed by atoms with Crippen LogP contribution in [0.15, 0.2) is 76.6 Å². The van der Waals surface area contributed by atoms with E-state index in [2.05, 4.69) is 10.1 Å². The monoisotopic (exact) mass is 459 g/mol. The summed E-state index contributed by atoms with van der Waals surface area (Å²) < 4.78 is 6.39. The fourth-order valence-electron chi connectivity index (χ4n) is 3.22. The molecule has 1 aromatic heterocycles. The molecule has 162 valence electrons. The fourth-order valence-corrected chi connectivity index (χ4v) is 3.44. The standard InChI is InChI=1S/C23H14ClN5O4/c24-17-12-16(21(33-11-10-25)20(13-17)29(31)32)14-26-28-22(15-6-2-1-3-7-15)27-19-9-5-4-8-18(19)23(28)30/h1-9,12-14H,11H2. The van der Waals surface area contributed by atoms with Crippen molar-refractivity contribution in [2.24, 2.45) is 5.10 Å². The van der Waals surface area contributed by atoms with Gasteiger partial charge in [-0.05, 0) is 18.2 Å². The lowest BCUT2D eigenvalue weighted by Crippen LogP contribution is -2.20. The third-order valence-corrected chi connectivity index (χ3v) is 4.86. The third-order valence-electron chi connectivity index (χ3n) is 4.64. The Morgan fingerprint density at radius 1 is 1.18 bits per heavy atom. The Balaban J connectivity index is 1.94. The van der Waals surface area contributed by atoms with Gasteiger partial charge in [0, 0.05) is 22.2 Å². The van der Waals surface area contributed by atoms with Crippen LogP contribution in [0.1, 0.15) is 5.56 Å². The molecule has 3 aromatic carbocycles. The molecule has 0 saturated carbocycles. The van der Waals surface area contributed by atoms with Crippen molar-refractivity contribution in [1.29, 1.82) is 5.26 Å². The maximum absolute atomic E-state index is 13.2. The van der Waals surface area contributed by atoms with Gasteiger partial charge in [0.15, 0.2) is 12.4 Å². The lowest BCUT2D eigenvalue weighted by Gasteiger charge is -2.10. The van der Waals surface area contributed by atoms with Gasteiger partial charge in [-0.3, -0.25) is 14.9 Å². The van der Waals surface area contributed by atoms with E-state index in [0.717, 1.165) is 10.7 Å². The van der Waals surface area contributed by atoms with E-state index in [9.17, 15) is 14.9 Å². The van der Waals surface area contributed by atoms with Gasteiger partial charge in [0.25, 0.3) is 5.56 Å². The SMILES string of the molecule is N#CCOc1c(C=Nn2c(-c3ccccc3)nc3ccccc3c2=O)cc(Cl)cc1[N+](=O)[O-]. The van der Waals surface area contributed by atoms with Crippen LogP contribution >= 0.6 is 11.6 Å². The van der Waals surface area contributed by atoms with Crippen molar-refractivity contribution in [3.63, 3.8) is 0 Å². The topological polar surface area (TPSA) is 123 Å². The minimum atomic E-state index is -0.672. The van der Waals surface area contributed by atoms with Gasteiger partial charge in [-0.25, -0.2) is 4.98 Å². The van der Waals surface area contributed by atoms with Gasteiger partial charge in [0.05, 0.1) is 22.0 Å². The van der Waals surface area contributed by atoms with Crippen molar-refractivity contribution in [2.75, 3.05) is 6.61 Å². The lowest BCUT2D eigenvalue weighted by atomic mass is 10.2. The Hall–Kier alpha value is -4.55. The first kappa shape index (κ1) is 21.7. The van der Waals surface area contributed by atoms with Crippen LogP contribution in [0.25, 0.3) is 22.3 Å². The molecular weight excluding hydrogens is 446 g/mol. The first-order valence-electron chi connectivity index (χ1n) is 9.59. The van der Waals surface area contributed by atoms with Crippen molar-refractivity contribution in [2.45, 2.75) is 0 Å². The van der Waals surface area contributed by atoms with Gasteiger partial charge in [0.2, 0.25) is 5.75 Å².